The van der Waals surface area contributed by atoms with Crippen molar-refractivity contribution in [2.75, 3.05) is 0 Å². The third-order valence-corrected chi connectivity index (χ3v) is 2.08. The topological polar surface area (TPSA) is 82.7 Å². The van der Waals surface area contributed by atoms with E-state index in [9.17, 15) is 9.59 Å². The van der Waals surface area contributed by atoms with E-state index < -0.39 is 6.04 Å². The van der Waals surface area contributed by atoms with Crippen LogP contribution in [0.4, 0.5) is 5.69 Å². The molecule has 0 heterocycles. The highest BCUT2D eigenvalue weighted by atomic mass is 16.2. The van der Waals surface area contributed by atoms with E-state index in [-0.39, 0.29) is 11.6 Å². The van der Waals surface area contributed by atoms with E-state index in [2.05, 4.69) is 10.2 Å². The highest BCUT2D eigenvalue weighted by molar-refractivity contribution is 6.04. The van der Waals surface area contributed by atoms with Gasteiger partial charge in [0, 0.05) is 0 Å². The van der Waals surface area contributed by atoms with Crippen LogP contribution >= 0.6 is 0 Å². The molecule has 5 nitrogen and oxygen atoms in total. The van der Waals surface area contributed by atoms with Gasteiger partial charge in [-0.25, -0.2) is 0 Å². The Morgan fingerprint density at radius 3 is 2.35 bits per heavy atom. The van der Waals surface area contributed by atoms with E-state index in [1.807, 2.05) is 6.07 Å². The summed E-state index contributed by atoms with van der Waals surface area (Å²) in [5.74, 6) is -0.730. The van der Waals surface area contributed by atoms with Crippen LogP contribution in [0.15, 0.2) is 34.5 Å². The lowest BCUT2D eigenvalue weighted by atomic mass is 10.1. The molecule has 17 heavy (non-hydrogen) atoms. The van der Waals surface area contributed by atoms with Gasteiger partial charge in [-0.15, -0.1) is 0 Å². The summed E-state index contributed by atoms with van der Waals surface area (Å²) in [6.07, 6.45) is 0. The summed E-state index contributed by atoms with van der Waals surface area (Å²) in [5.41, 5.74) is 0.699. The van der Waals surface area contributed by atoms with Gasteiger partial charge in [0.2, 0.25) is 0 Å². The van der Waals surface area contributed by atoms with Crippen LogP contribution in [0.3, 0.4) is 0 Å². The fourth-order valence-electron chi connectivity index (χ4n) is 1.22. The molecule has 1 rings (SSSR count). The van der Waals surface area contributed by atoms with Crippen molar-refractivity contribution >= 4 is 17.3 Å². The molecular weight excluding hydrogens is 218 g/mol. The summed E-state index contributed by atoms with van der Waals surface area (Å²) in [4.78, 5) is 22.2. The number of hydrogen-bond donors (Lipinski definition) is 0. The summed E-state index contributed by atoms with van der Waals surface area (Å²) in [6.45, 7) is 2.56. The van der Waals surface area contributed by atoms with E-state index in [0.29, 0.717) is 11.3 Å². The summed E-state index contributed by atoms with van der Waals surface area (Å²) in [5, 5.41) is 16.3. The Morgan fingerprint density at radius 1 is 1.24 bits per heavy atom. The van der Waals surface area contributed by atoms with Gasteiger partial charge >= 0.3 is 0 Å². The number of nitriles is 1. The van der Waals surface area contributed by atoms with Gasteiger partial charge in [-0.3, -0.25) is 9.59 Å². The highest BCUT2D eigenvalue weighted by Crippen LogP contribution is 2.18. The molecule has 0 unspecified atom stereocenters. The first kappa shape index (κ1) is 12.7. The molecule has 1 aromatic rings. The molecule has 0 radical (unpaired) electrons. The molecule has 0 aliphatic heterocycles. The molecule has 0 aliphatic rings. The standard InChI is InChI=1S/C12H11N3O2/c1-8(16)12(9(2)17)15-14-11-6-4-3-5-10(11)7-13/h3-6,12H,1-2H3. The minimum atomic E-state index is -1.08. The molecular formula is C12H11N3O2. The first-order valence-corrected chi connectivity index (χ1v) is 4.97. The number of rotatable bonds is 4. The molecule has 1 aromatic carbocycles. The molecule has 0 spiro atoms. The van der Waals surface area contributed by atoms with Gasteiger partial charge in [0.15, 0.2) is 17.6 Å². The molecule has 5 heteroatoms. The van der Waals surface area contributed by atoms with Crippen molar-refractivity contribution in [3.05, 3.63) is 29.8 Å². The van der Waals surface area contributed by atoms with E-state index >= 15 is 0 Å². The fraction of sp³-hybridized carbons (Fsp3) is 0.250. The molecule has 0 bridgehead atoms. The fourth-order valence-corrected chi connectivity index (χ4v) is 1.22. The monoisotopic (exact) mass is 229 g/mol. The number of azo groups is 1. The number of ketones is 2. The number of hydrogen-bond acceptors (Lipinski definition) is 5. The van der Waals surface area contributed by atoms with Crippen LogP contribution in [-0.4, -0.2) is 17.6 Å². The number of carbonyl (C=O) groups excluding carboxylic acids is 2. The minimum absolute atomic E-state index is 0.349. The maximum atomic E-state index is 11.1. The number of carbonyl (C=O) groups is 2. The van der Waals surface area contributed by atoms with Crippen LogP contribution in [-0.2, 0) is 9.59 Å². The zero-order chi connectivity index (χ0) is 12.8. The van der Waals surface area contributed by atoms with Crippen molar-refractivity contribution in [1.29, 1.82) is 5.26 Å². The van der Waals surface area contributed by atoms with Gasteiger partial charge in [0.1, 0.15) is 11.8 Å². The predicted octanol–water partition coefficient (Wildman–Crippen LogP) is 2.19. The molecule has 0 fully saturated rings. The molecule has 0 saturated heterocycles. The molecule has 0 aromatic heterocycles. The Kier molecular flexibility index (Phi) is 4.23. The average molecular weight is 229 g/mol. The van der Waals surface area contributed by atoms with E-state index in [4.69, 9.17) is 5.26 Å². The highest BCUT2D eigenvalue weighted by Gasteiger charge is 2.18. The minimum Gasteiger partial charge on any atom is -0.297 e. The zero-order valence-electron chi connectivity index (χ0n) is 9.54. The van der Waals surface area contributed by atoms with Gasteiger partial charge in [0.05, 0.1) is 5.56 Å². The molecule has 0 N–H and O–H groups in total. The number of nitrogens with zero attached hydrogens (tertiary/aromatic N) is 3. The average Bonchev–Trinajstić information content (AvgIpc) is 2.29. The summed E-state index contributed by atoms with van der Waals surface area (Å²) < 4.78 is 0. The SMILES string of the molecule is CC(=O)C(N=Nc1ccccc1C#N)C(C)=O. The van der Waals surface area contributed by atoms with E-state index in [1.165, 1.54) is 13.8 Å². The lowest BCUT2D eigenvalue weighted by Gasteiger charge is -2.02. The lowest BCUT2D eigenvalue weighted by Crippen LogP contribution is -2.23. The van der Waals surface area contributed by atoms with Gasteiger partial charge in [0.25, 0.3) is 0 Å². The molecule has 0 saturated carbocycles. The third kappa shape index (κ3) is 3.31. The van der Waals surface area contributed by atoms with E-state index in [0.717, 1.165) is 0 Å². The van der Waals surface area contributed by atoms with Crippen LogP contribution in [0.2, 0.25) is 0 Å². The number of benzene rings is 1. The maximum absolute atomic E-state index is 11.1. The second-order valence-electron chi connectivity index (χ2n) is 3.47. The third-order valence-electron chi connectivity index (χ3n) is 2.08. The van der Waals surface area contributed by atoms with Crippen molar-refractivity contribution in [3.63, 3.8) is 0 Å². The quantitative estimate of drug-likeness (QED) is 0.586. The predicted molar refractivity (Wildman–Crippen MR) is 60.8 cm³/mol. The molecule has 86 valence electrons. The molecule has 0 atom stereocenters. The van der Waals surface area contributed by atoms with Crippen LogP contribution in [0.1, 0.15) is 19.4 Å². The van der Waals surface area contributed by atoms with Gasteiger partial charge < -0.3 is 0 Å². The number of Topliss-reactive ketones (excluding diaryl/α,β-unsaturated/α-hetero) is 2. The Balaban J connectivity index is 3.01. The van der Waals surface area contributed by atoms with Gasteiger partial charge in [-0.2, -0.15) is 15.5 Å². The Hall–Kier alpha value is -2.35. The van der Waals surface area contributed by atoms with Crippen LogP contribution in [0.5, 0.6) is 0 Å². The first-order chi connectivity index (χ1) is 8.06. The maximum Gasteiger partial charge on any atom is 0.187 e. The normalized spacial score (nSPS) is 10.5. The Morgan fingerprint density at radius 2 is 1.82 bits per heavy atom. The summed E-state index contributed by atoms with van der Waals surface area (Å²) in [6, 6.07) is 7.46. The van der Waals surface area contributed by atoms with Crippen molar-refractivity contribution < 1.29 is 9.59 Å². The van der Waals surface area contributed by atoms with Crippen LogP contribution in [0.25, 0.3) is 0 Å². The summed E-state index contributed by atoms with van der Waals surface area (Å²) >= 11 is 0. The van der Waals surface area contributed by atoms with Crippen LogP contribution in [0, 0.1) is 11.3 Å². The molecule has 0 amide bonds. The van der Waals surface area contributed by atoms with Crippen molar-refractivity contribution in [1.82, 2.24) is 0 Å². The van der Waals surface area contributed by atoms with Crippen LogP contribution < -0.4 is 0 Å². The smallest absolute Gasteiger partial charge is 0.187 e. The molecule has 0 aliphatic carbocycles. The van der Waals surface area contributed by atoms with Crippen molar-refractivity contribution in [2.45, 2.75) is 19.9 Å². The summed E-state index contributed by atoms with van der Waals surface area (Å²) in [7, 11) is 0. The first-order valence-electron chi connectivity index (χ1n) is 4.97. The zero-order valence-corrected chi connectivity index (χ0v) is 9.54. The second kappa shape index (κ2) is 5.66. The largest absolute Gasteiger partial charge is 0.297 e. The lowest BCUT2D eigenvalue weighted by molar-refractivity contribution is -0.126. The van der Waals surface area contributed by atoms with Gasteiger partial charge in [-0.05, 0) is 26.0 Å². The Labute approximate surface area is 98.8 Å². The van der Waals surface area contributed by atoms with E-state index in [1.54, 1.807) is 24.3 Å². The van der Waals surface area contributed by atoms with Crippen molar-refractivity contribution in [3.8, 4) is 6.07 Å². The van der Waals surface area contributed by atoms with Gasteiger partial charge in [-0.1, -0.05) is 12.1 Å². The second-order valence-corrected chi connectivity index (χ2v) is 3.47. The Bertz CT molecular complexity index is 501. The van der Waals surface area contributed by atoms with Crippen molar-refractivity contribution in [2.24, 2.45) is 10.2 Å².